The van der Waals surface area contributed by atoms with Gasteiger partial charge in [0.15, 0.2) is 18.9 Å². The van der Waals surface area contributed by atoms with Gasteiger partial charge in [0.05, 0.1) is 38.6 Å². The third-order valence-electron chi connectivity index (χ3n) is 12.8. The van der Waals surface area contributed by atoms with Crippen molar-refractivity contribution in [3.63, 3.8) is 0 Å². The van der Waals surface area contributed by atoms with Crippen LogP contribution < -0.4 is 5.32 Å². The smallest absolute Gasteiger partial charge is 0.220 e. The topological polar surface area (TPSA) is 307 Å². The first-order valence-corrected chi connectivity index (χ1v) is 24.9. The molecule has 17 unspecified atom stereocenters. The number of rotatable bonds is 34. The molecule has 388 valence electrons. The minimum atomic E-state index is -1.97. The fourth-order valence-corrected chi connectivity index (χ4v) is 8.60. The molecule has 0 bridgehead atoms. The number of hydrogen-bond donors (Lipinski definition) is 12. The van der Waals surface area contributed by atoms with Crippen LogP contribution in [0.25, 0.3) is 0 Å². The first-order valence-electron chi connectivity index (χ1n) is 24.9. The van der Waals surface area contributed by atoms with Crippen LogP contribution in [0.4, 0.5) is 0 Å². The van der Waals surface area contributed by atoms with Gasteiger partial charge in [0.1, 0.15) is 73.2 Å². The number of amides is 1. The van der Waals surface area contributed by atoms with Crippen molar-refractivity contribution in [2.75, 3.05) is 26.4 Å². The Morgan fingerprint density at radius 3 is 1.42 bits per heavy atom. The third-order valence-corrected chi connectivity index (χ3v) is 12.8. The van der Waals surface area contributed by atoms with Crippen molar-refractivity contribution in [1.82, 2.24) is 5.32 Å². The van der Waals surface area contributed by atoms with Gasteiger partial charge >= 0.3 is 0 Å². The number of unbranched alkanes of at least 4 members (excludes halogenated alkanes) is 18. The SMILES string of the molecule is CCCCCCCCCCCCCCCC/C=C/C(O)C(COC1OC(CO)C(OC2OC(CO)C(OC3OC(CO)C(O)C(O)C3O)C(O)C2O)C(O)C1O)NC(=O)CCCCCCC. The summed E-state index contributed by atoms with van der Waals surface area (Å²) in [6, 6.07) is -0.962. The lowest BCUT2D eigenvalue weighted by Gasteiger charge is -2.48. The number of allylic oxidation sites excluding steroid dienone is 1. The minimum absolute atomic E-state index is 0.240. The molecule has 0 aliphatic carbocycles. The van der Waals surface area contributed by atoms with Crippen LogP contribution in [0.15, 0.2) is 12.2 Å². The van der Waals surface area contributed by atoms with Crippen LogP contribution >= 0.6 is 0 Å². The van der Waals surface area contributed by atoms with Gasteiger partial charge < -0.3 is 89.9 Å². The highest BCUT2D eigenvalue weighted by Gasteiger charge is 2.53. The summed E-state index contributed by atoms with van der Waals surface area (Å²) in [6.07, 6.45) is -0.0522. The monoisotopic (exact) mass is 954 g/mol. The van der Waals surface area contributed by atoms with Gasteiger partial charge in [0.2, 0.25) is 5.91 Å². The van der Waals surface area contributed by atoms with E-state index in [0.29, 0.717) is 6.42 Å². The van der Waals surface area contributed by atoms with Crippen molar-refractivity contribution >= 4 is 5.91 Å². The largest absolute Gasteiger partial charge is 0.394 e. The Hall–Kier alpha value is -1.47. The van der Waals surface area contributed by atoms with E-state index >= 15 is 0 Å². The standard InChI is InChI=1S/C47H87NO18/c1-3-5-7-9-10-11-12-13-14-15-16-17-18-19-21-22-24-31(52)30(48-35(53)25-23-20-8-6-4-2)29-61-45-41(59)38(56)43(33(27-50)63-45)66-47-42(60)39(57)44(34(28-51)64-47)65-46-40(58)37(55)36(54)32(26-49)62-46/h22,24,30-34,36-47,49-52,54-60H,3-21,23,25-29H2,1-2H3,(H,48,53)/b24-22+. The Kier molecular flexibility index (Phi) is 29.6. The van der Waals surface area contributed by atoms with Crippen LogP contribution in [-0.2, 0) is 33.2 Å². The van der Waals surface area contributed by atoms with Crippen molar-refractivity contribution in [3.8, 4) is 0 Å². The van der Waals surface area contributed by atoms with Crippen molar-refractivity contribution in [2.45, 2.75) is 253 Å². The molecule has 3 saturated heterocycles. The fourth-order valence-electron chi connectivity index (χ4n) is 8.60. The number of hydrogen-bond acceptors (Lipinski definition) is 18. The molecule has 66 heavy (non-hydrogen) atoms. The summed E-state index contributed by atoms with van der Waals surface area (Å²) in [4.78, 5) is 13.0. The van der Waals surface area contributed by atoms with E-state index in [0.717, 1.165) is 51.4 Å². The molecule has 12 N–H and O–H groups in total. The van der Waals surface area contributed by atoms with E-state index in [-0.39, 0.29) is 18.9 Å². The molecule has 3 aliphatic rings. The van der Waals surface area contributed by atoms with Crippen LogP contribution in [0.5, 0.6) is 0 Å². The summed E-state index contributed by atoms with van der Waals surface area (Å²) < 4.78 is 34.0. The van der Waals surface area contributed by atoms with Crippen LogP contribution in [0.1, 0.15) is 149 Å². The Balaban J connectivity index is 1.54. The summed E-state index contributed by atoms with van der Waals surface area (Å²) in [5.74, 6) is -0.290. The van der Waals surface area contributed by atoms with Gasteiger partial charge in [0.25, 0.3) is 0 Å². The predicted octanol–water partition coefficient (Wildman–Crippen LogP) is 1.09. The maximum atomic E-state index is 13.0. The highest BCUT2D eigenvalue weighted by molar-refractivity contribution is 5.76. The molecule has 0 radical (unpaired) electrons. The zero-order valence-corrected chi connectivity index (χ0v) is 39.4. The van der Waals surface area contributed by atoms with Gasteiger partial charge in [-0.3, -0.25) is 4.79 Å². The average molecular weight is 954 g/mol. The first-order chi connectivity index (χ1) is 31.8. The summed E-state index contributed by atoms with van der Waals surface area (Å²) in [5, 5.41) is 119. The van der Waals surface area contributed by atoms with Gasteiger partial charge in [-0.2, -0.15) is 0 Å². The summed E-state index contributed by atoms with van der Waals surface area (Å²) in [5.41, 5.74) is 0. The van der Waals surface area contributed by atoms with E-state index < -0.39 is 124 Å². The lowest BCUT2D eigenvalue weighted by Crippen LogP contribution is -2.66. The Morgan fingerprint density at radius 1 is 0.530 bits per heavy atom. The quantitative estimate of drug-likeness (QED) is 0.0317. The van der Waals surface area contributed by atoms with E-state index in [2.05, 4.69) is 19.2 Å². The maximum absolute atomic E-state index is 13.0. The minimum Gasteiger partial charge on any atom is -0.394 e. The van der Waals surface area contributed by atoms with Crippen LogP contribution in [-0.4, -0.2) is 193 Å². The molecule has 17 atom stereocenters. The molecule has 19 nitrogen and oxygen atoms in total. The van der Waals surface area contributed by atoms with Crippen LogP contribution in [0.2, 0.25) is 0 Å². The Morgan fingerprint density at radius 2 is 0.939 bits per heavy atom. The van der Waals surface area contributed by atoms with Crippen molar-refractivity contribution in [1.29, 1.82) is 0 Å². The predicted molar refractivity (Wildman–Crippen MR) is 240 cm³/mol. The van der Waals surface area contributed by atoms with Gasteiger partial charge in [-0.25, -0.2) is 0 Å². The number of carbonyl (C=O) groups is 1. The molecule has 0 aromatic carbocycles. The third kappa shape index (κ3) is 19.4. The molecule has 0 aromatic rings. The van der Waals surface area contributed by atoms with Crippen molar-refractivity contribution < 1.29 is 89.4 Å². The van der Waals surface area contributed by atoms with Gasteiger partial charge in [0, 0.05) is 6.42 Å². The highest BCUT2D eigenvalue weighted by Crippen LogP contribution is 2.33. The number of ether oxygens (including phenoxy) is 6. The molecule has 3 fully saturated rings. The second-order valence-electron chi connectivity index (χ2n) is 18.3. The number of aliphatic hydroxyl groups is 11. The normalized spacial score (nSPS) is 33.9. The molecule has 0 spiro atoms. The van der Waals surface area contributed by atoms with E-state index in [1.807, 2.05) is 6.08 Å². The molecule has 1 amide bonds. The second kappa shape index (κ2) is 33.2. The molecular formula is C47H87NO18. The number of aliphatic hydroxyl groups excluding tert-OH is 11. The average Bonchev–Trinajstić information content (AvgIpc) is 3.31. The van der Waals surface area contributed by atoms with E-state index in [1.54, 1.807) is 6.08 Å². The van der Waals surface area contributed by atoms with Crippen LogP contribution in [0, 0.1) is 0 Å². The first kappa shape index (κ1) is 58.8. The summed E-state index contributed by atoms with van der Waals surface area (Å²) in [7, 11) is 0. The van der Waals surface area contributed by atoms with E-state index in [9.17, 15) is 61.0 Å². The lowest BCUT2D eigenvalue weighted by molar-refractivity contribution is -0.379. The summed E-state index contributed by atoms with van der Waals surface area (Å²) >= 11 is 0. The van der Waals surface area contributed by atoms with Gasteiger partial charge in [-0.05, 0) is 19.3 Å². The lowest BCUT2D eigenvalue weighted by atomic mass is 9.96. The molecular weight excluding hydrogens is 867 g/mol. The molecule has 3 aliphatic heterocycles. The van der Waals surface area contributed by atoms with Crippen molar-refractivity contribution in [3.05, 3.63) is 12.2 Å². The second-order valence-corrected chi connectivity index (χ2v) is 18.3. The Labute approximate surface area is 391 Å². The van der Waals surface area contributed by atoms with E-state index in [4.69, 9.17) is 28.4 Å². The molecule has 3 heterocycles. The molecule has 3 rings (SSSR count). The highest BCUT2D eigenvalue weighted by atomic mass is 16.8. The molecule has 19 heteroatoms. The number of carbonyl (C=O) groups excluding carboxylic acids is 1. The summed E-state index contributed by atoms with van der Waals surface area (Å²) in [6.45, 7) is 1.58. The molecule has 0 saturated carbocycles. The van der Waals surface area contributed by atoms with Crippen LogP contribution in [0.3, 0.4) is 0 Å². The van der Waals surface area contributed by atoms with E-state index in [1.165, 1.54) is 70.6 Å². The van der Waals surface area contributed by atoms with Crippen molar-refractivity contribution in [2.24, 2.45) is 0 Å². The van der Waals surface area contributed by atoms with Gasteiger partial charge in [-0.15, -0.1) is 0 Å². The Bertz CT molecular complexity index is 1280. The zero-order valence-electron chi connectivity index (χ0n) is 39.4. The molecule has 0 aromatic heterocycles. The maximum Gasteiger partial charge on any atom is 0.220 e. The number of nitrogens with one attached hydrogen (secondary N) is 1. The zero-order chi connectivity index (χ0) is 48.4. The van der Waals surface area contributed by atoms with Gasteiger partial charge in [-0.1, -0.05) is 135 Å². The fraction of sp³-hybridized carbons (Fsp3) is 0.936.